The summed E-state index contributed by atoms with van der Waals surface area (Å²) in [6.45, 7) is 19.6. The van der Waals surface area contributed by atoms with Crippen molar-refractivity contribution >= 4 is 0 Å². The lowest BCUT2D eigenvalue weighted by Crippen LogP contribution is -2.48. The lowest BCUT2D eigenvalue weighted by molar-refractivity contribution is 0.281. The molecule has 358 valence electrons. The van der Waals surface area contributed by atoms with Gasteiger partial charge in [-0.25, -0.2) is 0 Å². The molecule has 0 bridgehead atoms. The van der Waals surface area contributed by atoms with Gasteiger partial charge in [0, 0.05) is 47.7 Å². The number of aryl methyl sites for hydroxylation is 2. The van der Waals surface area contributed by atoms with Gasteiger partial charge in [-0.15, -0.1) is 0 Å². The quantitative estimate of drug-likeness (QED) is 0.0649. The minimum absolute atomic E-state index is 0.255. The summed E-state index contributed by atoms with van der Waals surface area (Å²) < 4.78 is 11.8. The van der Waals surface area contributed by atoms with Gasteiger partial charge < -0.3 is 20.1 Å². The molecule has 2 heterocycles. The van der Waals surface area contributed by atoms with Gasteiger partial charge in [-0.3, -0.25) is 9.97 Å². The first-order chi connectivity index (χ1) is 30.1. The highest BCUT2D eigenvalue weighted by atomic mass is 16.5. The molecule has 6 heteroatoms. The van der Waals surface area contributed by atoms with Gasteiger partial charge in [0.05, 0.1) is 36.7 Å². The largest absolute Gasteiger partial charge is 0.496 e. The van der Waals surface area contributed by atoms with Crippen molar-refractivity contribution in [1.82, 2.24) is 20.6 Å². The summed E-state index contributed by atoms with van der Waals surface area (Å²) in [6, 6.07) is 0. The van der Waals surface area contributed by atoms with Crippen LogP contribution in [0.3, 0.4) is 0 Å². The Morgan fingerprint density at radius 2 is 0.645 bits per heavy atom. The molecule has 62 heavy (non-hydrogen) atoms. The van der Waals surface area contributed by atoms with Gasteiger partial charge in [0.1, 0.15) is 11.5 Å². The van der Waals surface area contributed by atoms with Crippen LogP contribution in [-0.2, 0) is 11.1 Å². The molecule has 0 radical (unpaired) electrons. The van der Waals surface area contributed by atoms with Crippen molar-refractivity contribution in [1.29, 1.82) is 0 Å². The van der Waals surface area contributed by atoms with Crippen molar-refractivity contribution in [2.24, 2.45) is 0 Å². The number of aromatic nitrogens is 2. The Balaban J connectivity index is 1.94. The van der Waals surface area contributed by atoms with Gasteiger partial charge in [-0.1, -0.05) is 206 Å². The van der Waals surface area contributed by atoms with Crippen molar-refractivity contribution in [3.05, 3.63) is 46.0 Å². The summed E-state index contributed by atoms with van der Waals surface area (Å²) in [5, 5.41) is 8.08. The number of nitrogens with zero attached hydrogens (tertiary/aromatic N) is 2. The Hall–Kier alpha value is -2.18. The molecule has 2 rings (SSSR count). The zero-order valence-corrected chi connectivity index (χ0v) is 42.9. The summed E-state index contributed by atoms with van der Waals surface area (Å²) in [5.41, 5.74) is 6.22. The third-order valence-corrected chi connectivity index (χ3v) is 14.1. The second kappa shape index (κ2) is 34.2. The molecule has 0 aliphatic rings. The molecule has 2 atom stereocenters. The smallest absolute Gasteiger partial charge is 0.128 e. The highest BCUT2D eigenvalue weighted by Gasteiger charge is 2.33. The Kier molecular flexibility index (Phi) is 30.9. The lowest BCUT2D eigenvalue weighted by Gasteiger charge is -2.35. The third-order valence-electron chi connectivity index (χ3n) is 14.1. The van der Waals surface area contributed by atoms with Gasteiger partial charge in [-0.2, -0.15) is 0 Å². The Morgan fingerprint density at radius 3 is 0.887 bits per heavy atom. The van der Waals surface area contributed by atoms with Crippen LogP contribution >= 0.6 is 0 Å². The Bertz CT molecular complexity index is 1310. The molecule has 0 amide bonds. The van der Waals surface area contributed by atoms with Gasteiger partial charge in [0.2, 0.25) is 0 Å². The number of nitrogens with one attached hydrogen (secondary N) is 2. The number of hydrogen-bond donors (Lipinski definition) is 2. The maximum absolute atomic E-state index is 5.91. The molecule has 0 aliphatic carbocycles. The topological polar surface area (TPSA) is 68.3 Å². The first kappa shape index (κ1) is 56.0. The fourth-order valence-corrected chi connectivity index (χ4v) is 10.1. The van der Waals surface area contributed by atoms with Gasteiger partial charge in [0.15, 0.2) is 0 Å². The van der Waals surface area contributed by atoms with Crippen molar-refractivity contribution in [2.45, 2.75) is 272 Å². The van der Waals surface area contributed by atoms with Gasteiger partial charge in [0.25, 0.3) is 0 Å². The molecule has 2 aromatic rings. The average molecular weight is 863 g/mol. The van der Waals surface area contributed by atoms with Crippen molar-refractivity contribution in [3.63, 3.8) is 0 Å². The second-order valence-corrected chi connectivity index (χ2v) is 19.8. The number of methoxy groups -OCH3 is 2. The molecular formula is C56H102N4O2. The fourth-order valence-electron chi connectivity index (χ4n) is 10.1. The van der Waals surface area contributed by atoms with E-state index in [0.29, 0.717) is 0 Å². The molecule has 0 saturated carbocycles. The van der Waals surface area contributed by atoms with Gasteiger partial charge in [-0.05, 0) is 54.4 Å². The lowest BCUT2D eigenvalue weighted by atomic mass is 9.86. The molecular weight excluding hydrogens is 761 g/mol. The van der Waals surface area contributed by atoms with Crippen molar-refractivity contribution < 1.29 is 9.47 Å². The van der Waals surface area contributed by atoms with Crippen LogP contribution in [0.2, 0.25) is 0 Å². The minimum atomic E-state index is -0.255. The van der Waals surface area contributed by atoms with Crippen molar-refractivity contribution in [2.75, 3.05) is 27.3 Å². The summed E-state index contributed by atoms with van der Waals surface area (Å²) in [6.07, 6.45) is 47.5. The van der Waals surface area contributed by atoms with Crippen LogP contribution in [0, 0.1) is 27.7 Å². The van der Waals surface area contributed by atoms with E-state index in [1.807, 2.05) is 12.4 Å². The van der Waals surface area contributed by atoms with Crippen molar-refractivity contribution in [3.8, 4) is 11.5 Å². The monoisotopic (exact) mass is 863 g/mol. The third kappa shape index (κ3) is 21.7. The van der Waals surface area contributed by atoms with E-state index in [4.69, 9.17) is 19.4 Å². The Labute approximate surface area is 385 Å². The van der Waals surface area contributed by atoms with E-state index >= 15 is 0 Å². The standard InChI is InChI=1S/C56H102N4O2/c1-11-13-15-17-19-21-23-25-27-29-31-33-35-37-39-41-55(7,53-49(5)51(61-9)47(3)45-57-53)59-43-44-60-56(8,54-50(6)52(62-10)48(4)46-58-54)42-40-38-36-34-32-30-28-26-24-22-20-18-16-14-12-2/h45-46,59-60H,11-44H2,1-10H3. The maximum Gasteiger partial charge on any atom is 0.128 e. The van der Waals surface area contributed by atoms with E-state index in [1.54, 1.807) is 14.2 Å². The van der Waals surface area contributed by atoms with Crippen LogP contribution in [0.5, 0.6) is 11.5 Å². The number of pyridine rings is 2. The molecule has 0 aromatic carbocycles. The predicted molar refractivity (Wildman–Crippen MR) is 270 cm³/mol. The van der Waals surface area contributed by atoms with Crippen LogP contribution in [0.1, 0.15) is 267 Å². The molecule has 2 aromatic heterocycles. The number of unbranched alkanes of at least 4 members (excludes halogenated alkanes) is 28. The van der Waals surface area contributed by atoms with Crippen LogP contribution < -0.4 is 20.1 Å². The minimum Gasteiger partial charge on any atom is -0.496 e. The zero-order chi connectivity index (χ0) is 45.3. The van der Waals surface area contributed by atoms with E-state index in [0.717, 1.165) is 71.1 Å². The molecule has 2 unspecified atom stereocenters. The first-order valence-corrected chi connectivity index (χ1v) is 26.6. The molecule has 0 saturated heterocycles. The molecule has 6 nitrogen and oxygen atoms in total. The summed E-state index contributed by atoms with van der Waals surface area (Å²) >= 11 is 0. The zero-order valence-electron chi connectivity index (χ0n) is 42.9. The van der Waals surface area contributed by atoms with E-state index in [9.17, 15) is 0 Å². The van der Waals surface area contributed by atoms with Gasteiger partial charge >= 0.3 is 0 Å². The number of hydrogen-bond acceptors (Lipinski definition) is 6. The highest BCUT2D eigenvalue weighted by Crippen LogP contribution is 2.36. The van der Waals surface area contributed by atoms with Crippen LogP contribution in [0.15, 0.2) is 12.4 Å². The van der Waals surface area contributed by atoms with Crippen LogP contribution in [-0.4, -0.2) is 37.3 Å². The first-order valence-electron chi connectivity index (χ1n) is 26.6. The summed E-state index contributed by atoms with van der Waals surface area (Å²) in [7, 11) is 3.58. The van der Waals surface area contributed by atoms with Crippen LogP contribution in [0.25, 0.3) is 0 Å². The number of rotatable bonds is 41. The maximum atomic E-state index is 5.91. The molecule has 0 aliphatic heterocycles. The molecule has 0 spiro atoms. The molecule has 2 N–H and O–H groups in total. The van der Waals surface area contributed by atoms with Crippen LogP contribution in [0.4, 0.5) is 0 Å². The van der Waals surface area contributed by atoms with E-state index < -0.39 is 0 Å². The second-order valence-electron chi connectivity index (χ2n) is 19.8. The predicted octanol–water partition coefficient (Wildman–Crippen LogP) is 16.6. The van der Waals surface area contributed by atoms with E-state index in [1.165, 1.54) is 193 Å². The Morgan fingerprint density at radius 1 is 0.403 bits per heavy atom. The van der Waals surface area contributed by atoms with E-state index in [2.05, 4.69) is 66.0 Å². The normalized spacial score (nSPS) is 13.6. The van der Waals surface area contributed by atoms with E-state index in [-0.39, 0.29) is 11.1 Å². The fraction of sp³-hybridized carbons (Fsp3) is 0.821. The highest BCUT2D eigenvalue weighted by molar-refractivity contribution is 5.44. The average Bonchev–Trinajstić information content (AvgIpc) is 3.25. The number of ether oxygens (including phenoxy) is 2. The summed E-state index contributed by atoms with van der Waals surface area (Å²) in [4.78, 5) is 10.2. The SMILES string of the molecule is CCCCCCCCCCCCCCCCCC(C)(NCCNC(C)(CCCCCCCCCCCCCCCCC)c1ncc(C)c(OC)c1C)c1ncc(C)c(OC)c1C. The summed E-state index contributed by atoms with van der Waals surface area (Å²) in [5.74, 6) is 1.92. The molecule has 0 fully saturated rings.